The summed E-state index contributed by atoms with van der Waals surface area (Å²) in [4.78, 5) is 11.0. The highest BCUT2D eigenvalue weighted by Crippen LogP contribution is 2.38. The Labute approximate surface area is 97.7 Å². The quantitative estimate of drug-likeness (QED) is 0.856. The van der Waals surface area contributed by atoms with Gasteiger partial charge in [-0.1, -0.05) is 0 Å². The van der Waals surface area contributed by atoms with Crippen LogP contribution in [0.15, 0.2) is 12.1 Å². The van der Waals surface area contributed by atoms with E-state index in [1.807, 2.05) is 0 Å². The first-order chi connectivity index (χ1) is 7.88. The predicted molar refractivity (Wildman–Crippen MR) is 58.1 cm³/mol. The van der Waals surface area contributed by atoms with E-state index in [4.69, 9.17) is 14.6 Å². The molecule has 0 atom stereocenters. The molecule has 0 fully saturated rings. The van der Waals surface area contributed by atoms with Crippen LogP contribution in [-0.2, 0) is 15.6 Å². The normalized spacial score (nSPS) is 13.7. The van der Waals surface area contributed by atoms with Crippen LogP contribution in [0, 0.1) is 0 Å². The van der Waals surface area contributed by atoms with Gasteiger partial charge in [0.15, 0.2) is 21.3 Å². The van der Waals surface area contributed by atoms with Gasteiger partial charge in [0.1, 0.15) is 0 Å². The molecule has 0 radical (unpaired) electrons. The fourth-order valence-corrected chi connectivity index (χ4v) is 2.45. The second-order valence-electron chi connectivity index (χ2n) is 3.70. The van der Waals surface area contributed by atoms with E-state index in [0.29, 0.717) is 5.75 Å². The van der Waals surface area contributed by atoms with Crippen molar-refractivity contribution in [3.8, 4) is 11.5 Å². The number of benzene rings is 1. The number of aromatic carboxylic acids is 1. The highest BCUT2D eigenvalue weighted by molar-refractivity contribution is 7.89. The Bertz CT molecular complexity index is 575. The van der Waals surface area contributed by atoms with E-state index in [0.717, 1.165) is 6.26 Å². The van der Waals surface area contributed by atoms with Crippen LogP contribution in [0.1, 0.15) is 15.9 Å². The molecule has 0 saturated carbocycles. The van der Waals surface area contributed by atoms with Crippen LogP contribution in [0.4, 0.5) is 0 Å². The summed E-state index contributed by atoms with van der Waals surface area (Å²) < 4.78 is 32.8. The fourth-order valence-electron chi connectivity index (χ4n) is 1.64. The van der Waals surface area contributed by atoms with Crippen LogP contribution >= 0.6 is 0 Å². The number of rotatable bonds is 3. The molecule has 0 bridgehead atoms. The van der Waals surface area contributed by atoms with Crippen LogP contribution in [0.2, 0.25) is 0 Å². The number of ether oxygens (including phenoxy) is 2. The Morgan fingerprint density at radius 2 is 2.12 bits per heavy atom. The van der Waals surface area contributed by atoms with Crippen molar-refractivity contribution < 1.29 is 27.8 Å². The minimum atomic E-state index is -3.35. The predicted octanol–water partition coefficient (Wildman–Crippen LogP) is 0.658. The average Bonchev–Trinajstić information content (AvgIpc) is 2.63. The van der Waals surface area contributed by atoms with Crippen molar-refractivity contribution in [3.05, 3.63) is 23.3 Å². The lowest BCUT2D eigenvalue weighted by Crippen LogP contribution is -2.09. The summed E-state index contributed by atoms with van der Waals surface area (Å²) in [6, 6.07) is 2.77. The number of sulfone groups is 1. The molecular formula is C10H10O6S. The van der Waals surface area contributed by atoms with E-state index in [1.54, 1.807) is 0 Å². The smallest absolute Gasteiger partial charge is 0.336 e. The molecule has 2 rings (SSSR count). The number of hydrogen-bond donors (Lipinski definition) is 1. The highest BCUT2D eigenvalue weighted by atomic mass is 32.2. The SMILES string of the molecule is CS(=O)(=O)Cc1c(C(=O)O)ccc2c1OCO2. The molecule has 0 saturated heterocycles. The molecule has 17 heavy (non-hydrogen) atoms. The number of hydrogen-bond acceptors (Lipinski definition) is 5. The molecule has 0 spiro atoms. The second kappa shape index (κ2) is 3.92. The minimum Gasteiger partial charge on any atom is -0.478 e. The van der Waals surface area contributed by atoms with Gasteiger partial charge < -0.3 is 14.6 Å². The topological polar surface area (TPSA) is 89.9 Å². The summed E-state index contributed by atoms with van der Waals surface area (Å²) in [5.74, 6) is -1.01. The van der Waals surface area contributed by atoms with Gasteiger partial charge in [-0.15, -0.1) is 0 Å². The lowest BCUT2D eigenvalue weighted by Gasteiger charge is -2.08. The van der Waals surface area contributed by atoms with Gasteiger partial charge >= 0.3 is 5.97 Å². The van der Waals surface area contributed by atoms with Crippen molar-refractivity contribution >= 4 is 15.8 Å². The van der Waals surface area contributed by atoms with E-state index in [-0.39, 0.29) is 29.4 Å². The first kappa shape index (κ1) is 11.7. The molecule has 1 N–H and O–H groups in total. The molecule has 1 aliphatic heterocycles. The molecule has 1 heterocycles. The zero-order valence-electron chi connectivity index (χ0n) is 8.97. The first-order valence-corrected chi connectivity index (χ1v) is 6.77. The molecule has 1 aromatic carbocycles. The lowest BCUT2D eigenvalue weighted by molar-refractivity contribution is 0.0695. The van der Waals surface area contributed by atoms with Crippen LogP contribution in [0.5, 0.6) is 11.5 Å². The van der Waals surface area contributed by atoms with Crippen molar-refractivity contribution in [2.24, 2.45) is 0 Å². The van der Waals surface area contributed by atoms with E-state index in [1.165, 1.54) is 12.1 Å². The second-order valence-corrected chi connectivity index (χ2v) is 5.84. The van der Waals surface area contributed by atoms with Crippen molar-refractivity contribution in [1.82, 2.24) is 0 Å². The van der Waals surface area contributed by atoms with Gasteiger partial charge in [0.05, 0.1) is 11.3 Å². The van der Waals surface area contributed by atoms with Gasteiger partial charge in [0.2, 0.25) is 6.79 Å². The third-order valence-corrected chi connectivity index (χ3v) is 3.09. The molecule has 6 nitrogen and oxygen atoms in total. The summed E-state index contributed by atoms with van der Waals surface area (Å²) >= 11 is 0. The minimum absolute atomic E-state index is 0.0326. The Morgan fingerprint density at radius 1 is 1.41 bits per heavy atom. The summed E-state index contributed by atoms with van der Waals surface area (Å²) in [6.07, 6.45) is 1.04. The van der Waals surface area contributed by atoms with Gasteiger partial charge in [-0.05, 0) is 12.1 Å². The van der Waals surface area contributed by atoms with Crippen molar-refractivity contribution in [2.45, 2.75) is 5.75 Å². The van der Waals surface area contributed by atoms with Crippen molar-refractivity contribution in [3.63, 3.8) is 0 Å². The number of fused-ring (bicyclic) bond motifs is 1. The first-order valence-electron chi connectivity index (χ1n) is 4.71. The molecule has 92 valence electrons. The van der Waals surface area contributed by atoms with Crippen molar-refractivity contribution in [1.29, 1.82) is 0 Å². The Kier molecular flexibility index (Phi) is 2.70. The van der Waals surface area contributed by atoms with E-state index < -0.39 is 15.8 Å². The summed E-state index contributed by atoms with van der Waals surface area (Å²) in [7, 11) is -3.35. The zero-order valence-corrected chi connectivity index (χ0v) is 9.78. The molecule has 0 aromatic heterocycles. The zero-order chi connectivity index (χ0) is 12.6. The van der Waals surface area contributed by atoms with Crippen LogP contribution < -0.4 is 9.47 Å². The number of carboxylic acids is 1. The van der Waals surface area contributed by atoms with E-state index in [9.17, 15) is 13.2 Å². The molecular weight excluding hydrogens is 248 g/mol. The standard InChI is InChI=1S/C10H10O6S/c1-17(13,14)4-7-6(10(11)12)2-3-8-9(7)16-5-15-8/h2-3H,4-5H2,1H3,(H,11,12). The van der Waals surface area contributed by atoms with E-state index in [2.05, 4.69) is 0 Å². The molecule has 0 unspecified atom stereocenters. The summed E-state index contributed by atoms with van der Waals surface area (Å²) in [6.45, 7) is -0.0326. The maximum atomic E-state index is 11.3. The third-order valence-electron chi connectivity index (χ3n) is 2.28. The molecule has 1 aromatic rings. The fraction of sp³-hybridized carbons (Fsp3) is 0.300. The highest BCUT2D eigenvalue weighted by Gasteiger charge is 2.25. The average molecular weight is 258 g/mol. The maximum Gasteiger partial charge on any atom is 0.336 e. The van der Waals surface area contributed by atoms with E-state index >= 15 is 0 Å². The van der Waals surface area contributed by atoms with Crippen LogP contribution in [0.25, 0.3) is 0 Å². The van der Waals surface area contributed by atoms with Crippen LogP contribution in [0.3, 0.4) is 0 Å². The van der Waals surface area contributed by atoms with Gasteiger partial charge in [0, 0.05) is 11.8 Å². The van der Waals surface area contributed by atoms with Crippen LogP contribution in [-0.4, -0.2) is 32.5 Å². The molecule has 0 aliphatic carbocycles. The van der Waals surface area contributed by atoms with Gasteiger partial charge in [0.25, 0.3) is 0 Å². The van der Waals surface area contributed by atoms with Gasteiger partial charge in [-0.2, -0.15) is 0 Å². The third kappa shape index (κ3) is 2.33. The number of carboxylic acid groups (broad SMARTS) is 1. The van der Waals surface area contributed by atoms with Gasteiger partial charge in [-0.3, -0.25) is 0 Å². The Hall–Kier alpha value is -1.76. The Morgan fingerprint density at radius 3 is 2.71 bits per heavy atom. The molecule has 7 heteroatoms. The molecule has 0 amide bonds. The lowest BCUT2D eigenvalue weighted by atomic mass is 10.1. The molecule has 1 aliphatic rings. The van der Waals surface area contributed by atoms with Crippen molar-refractivity contribution in [2.75, 3.05) is 13.0 Å². The largest absolute Gasteiger partial charge is 0.478 e. The van der Waals surface area contributed by atoms with Gasteiger partial charge in [-0.25, -0.2) is 13.2 Å². The number of carbonyl (C=O) groups is 1. The maximum absolute atomic E-state index is 11.3. The summed E-state index contributed by atoms with van der Waals surface area (Å²) in [5, 5.41) is 9.00. The Balaban J connectivity index is 2.60. The summed E-state index contributed by atoms with van der Waals surface area (Å²) in [5.41, 5.74) is 0.0506. The monoisotopic (exact) mass is 258 g/mol.